The van der Waals surface area contributed by atoms with Gasteiger partial charge < -0.3 is 15.0 Å². The number of benzene rings is 2. The first-order valence-electron chi connectivity index (χ1n) is 9.82. The number of nitrogens with zero attached hydrogens (tertiary/aromatic N) is 1. The molecule has 3 rings (SSSR count). The minimum Gasteiger partial charge on any atom is -0.497 e. The van der Waals surface area contributed by atoms with Gasteiger partial charge in [-0.15, -0.1) is 0 Å². The number of amides is 2. The normalized spacial score (nSPS) is 13.2. The van der Waals surface area contributed by atoms with E-state index in [0.717, 1.165) is 36.4 Å². The quantitative estimate of drug-likeness (QED) is 0.825. The lowest BCUT2D eigenvalue weighted by molar-refractivity contribution is -0.119. The van der Waals surface area contributed by atoms with Crippen LogP contribution in [0.3, 0.4) is 0 Å². The molecule has 0 unspecified atom stereocenters. The van der Waals surface area contributed by atoms with Crippen molar-refractivity contribution in [1.82, 2.24) is 5.32 Å². The SMILES string of the molecule is COc1ccc(C(=O)NCc2ccc3c(c2)CCCN3C(=O)CC(C)C)cc1. The standard InChI is InChI=1S/C23H28N2O3/c1-16(2)13-22(26)25-12-4-5-19-14-17(6-11-21(19)25)15-24-23(27)18-7-9-20(28-3)10-8-18/h6-11,14,16H,4-5,12-13,15H2,1-3H3,(H,24,27). The Morgan fingerprint density at radius 3 is 2.57 bits per heavy atom. The molecular weight excluding hydrogens is 352 g/mol. The smallest absolute Gasteiger partial charge is 0.251 e. The zero-order valence-corrected chi connectivity index (χ0v) is 16.8. The largest absolute Gasteiger partial charge is 0.497 e. The maximum atomic E-state index is 12.5. The zero-order valence-electron chi connectivity index (χ0n) is 16.8. The zero-order chi connectivity index (χ0) is 20.1. The molecule has 0 fully saturated rings. The number of hydrogen-bond donors (Lipinski definition) is 1. The average Bonchev–Trinajstić information content (AvgIpc) is 2.70. The summed E-state index contributed by atoms with van der Waals surface area (Å²) in [6, 6.07) is 13.2. The second-order valence-electron chi connectivity index (χ2n) is 7.62. The molecule has 0 radical (unpaired) electrons. The fraction of sp³-hybridized carbons (Fsp3) is 0.391. The highest BCUT2D eigenvalue weighted by molar-refractivity contribution is 5.95. The Kier molecular flexibility index (Phi) is 6.34. The Bertz CT molecular complexity index is 843. The molecule has 148 valence electrons. The molecule has 28 heavy (non-hydrogen) atoms. The Morgan fingerprint density at radius 2 is 1.89 bits per heavy atom. The Morgan fingerprint density at radius 1 is 1.14 bits per heavy atom. The van der Waals surface area contributed by atoms with E-state index in [2.05, 4.69) is 25.2 Å². The van der Waals surface area contributed by atoms with Crippen molar-refractivity contribution >= 4 is 17.5 Å². The van der Waals surface area contributed by atoms with Gasteiger partial charge in [0.05, 0.1) is 7.11 Å². The van der Waals surface area contributed by atoms with Crippen LogP contribution in [0.1, 0.15) is 48.2 Å². The molecule has 0 aromatic heterocycles. The molecular formula is C23H28N2O3. The second kappa shape index (κ2) is 8.91. The van der Waals surface area contributed by atoms with Gasteiger partial charge in [0.15, 0.2) is 0 Å². The predicted octanol–water partition coefficient (Wildman–Crippen LogP) is 3.95. The fourth-order valence-electron chi connectivity index (χ4n) is 3.51. The van der Waals surface area contributed by atoms with Gasteiger partial charge in [-0.1, -0.05) is 26.0 Å². The van der Waals surface area contributed by atoms with E-state index in [9.17, 15) is 9.59 Å². The third-order valence-corrected chi connectivity index (χ3v) is 4.95. The lowest BCUT2D eigenvalue weighted by Crippen LogP contribution is -2.36. The van der Waals surface area contributed by atoms with Gasteiger partial charge in [0.1, 0.15) is 5.75 Å². The van der Waals surface area contributed by atoms with Crippen LogP contribution in [0.25, 0.3) is 0 Å². The molecule has 2 amide bonds. The number of ether oxygens (including phenoxy) is 1. The van der Waals surface area contributed by atoms with Crippen LogP contribution in [0.2, 0.25) is 0 Å². The first-order chi connectivity index (χ1) is 13.5. The molecule has 2 aromatic rings. The first-order valence-corrected chi connectivity index (χ1v) is 9.82. The lowest BCUT2D eigenvalue weighted by atomic mass is 9.98. The van der Waals surface area contributed by atoms with E-state index >= 15 is 0 Å². The molecule has 1 N–H and O–H groups in total. The van der Waals surface area contributed by atoms with E-state index in [1.165, 1.54) is 5.56 Å². The van der Waals surface area contributed by atoms with Gasteiger partial charge in [0.2, 0.25) is 5.91 Å². The van der Waals surface area contributed by atoms with Crippen molar-refractivity contribution in [3.63, 3.8) is 0 Å². The number of nitrogens with one attached hydrogen (secondary N) is 1. The van der Waals surface area contributed by atoms with Crippen LogP contribution in [0.5, 0.6) is 5.75 Å². The highest BCUT2D eigenvalue weighted by atomic mass is 16.5. The van der Waals surface area contributed by atoms with Crippen molar-refractivity contribution in [2.45, 2.75) is 39.7 Å². The summed E-state index contributed by atoms with van der Waals surface area (Å²) in [4.78, 5) is 26.8. The van der Waals surface area contributed by atoms with E-state index in [1.54, 1.807) is 31.4 Å². The van der Waals surface area contributed by atoms with Gasteiger partial charge in [0, 0.05) is 30.8 Å². The predicted molar refractivity (Wildman–Crippen MR) is 111 cm³/mol. The number of hydrogen-bond acceptors (Lipinski definition) is 3. The van der Waals surface area contributed by atoms with Crippen molar-refractivity contribution in [1.29, 1.82) is 0 Å². The Balaban J connectivity index is 1.66. The van der Waals surface area contributed by atoms with Crippen LogP contribution < -0.4 is 15.0 Å². The van der Waals surface area contributed by atoms with Crippen LogP contribution in [0, 0.1) is 5.92 Å². The minimum absolute atomic E-state index is 0.117. The van der Waals surface area contributed by atoms with E-state index in [4.69, 9.17) is 4.74 Å². The lowest BCUT2D eigenvalue weighted by Gasteiger charge is -2.30. The van der Waals surface area contributed by atoms with Gasteiger partial charge in [-0.05, 0) is 60.2 Å². The van der Waals surface area contributed by atoms with Crippen LogP contribution in [-0.2, 0) is 17.8 Å². The average molecular weight is 380 g/mol. The Hall–Kier alpha value is -2.82. The maximum Gasteiger partial charge on any atom is 0.251 e. The molecule has 0 bridgehead atoms. The summed E-state index contributed by atoms with van der Waals surface area (Å²) in [7, 11) is 1.60. The monoisotopic (exact) mass is 380 g/mol. The van der Waals surface area contributed by atoms with E-state index in [1.807, 2.05) is 17.0 Å². The van der Waals surface area contributed by atoms with Crippen LogP contribution >= 0.6 is 0 Å². The summed E-state index contributed by atoms with van der Waals surface area (Å²) < 4.78 is 5.12. The number of fused-ring (bicyclic) bond motifs is 1. The molecule has 5 heteroatoms. The molecule has 5 nitrogen and oxygen atoms in total. The van der Waals surface area contributed by atoms with Gasteiger partial charge >= 0.3 is 0 Å². The van der Waals surface area contributed by atoms with E-state index < -0.39 is 0 Å². The molecule has 2 aromatic carbocycles. The highest BCUT2D eigenvalue weighted by Crippen LogP contribution is 2.29. The van der Waals surface area contributed by atoms with E-state index in [-0.39, 0.29) is 11.8 Å². The first kappa shape index (κ1) is 19.9. The van der Waals surface area contributed by atoms with Crippen molar-refractivity contribution in [2.24, 2.45) is 5.92 Å². The van der Waals surface area contributed by atoms with Crippen molar-refractivity contribution < 1.29 is 14.3 Å². The van der Waals surface area contributed by atoms with Gasteiger partial charge in [-0.2, -0.15) is 0 Å². The summed E-state index contributed by atoms with van der Waals surface area (Å²) in [5, 5.41) is 2.96. The van der Waals surface area contributed by atoms with Gasteiger partial charge in [0.25, 0.3) is 5.91 Å². The molecule has 0 saturated carbocycles. The van der Waals surface area contributed by atoms with Crippen LogP contribution in [0.4, 0.5) is 5.69 Å². The third kappa shape index (κ3) is 4.71. The summed E-state index contributed by atoms with van der Waals surface area (Å²) >= 11 is 0. The van der Waals surface area contributed by atoms with Crippen molar-refractivity contribution in [2.75, 3.05) is 18.6 Å². The van der Waals surface area contributed by atoms with Gasteiger partial charge in [-0.25, -0.2) is 0 Å². The number of methoxy groups -OCH3 is 1. The highest BCUT2D eigenvalue weighted by Gasteiger charge is 2.23. The third-order valence-electron chi connectivity index (χ3n) is 4.95. The molecule has 0 atom stereocenters. The number of carbonyl (C=O) groups excluding carboxylic acids is 2. The molecule has 0 aliphatic carbocycles. The topological polar surface area (TPSA) is 58.6 Å². The van der Waals surface area contributed by atoms with Crippen molar-refractivity contribution in [3.05, 3.63) is 59.2 Å². The van der Waals surface area contributed by atoms with Gasteiger partial charge in [-0.3, -0.25) is 9.59 Å². The fourth-order valence-corrected chi connectivity index (χ4v) is 3.51. The number of anilines is 1. The molecule has 0 saturated heterocycles. The number of carbonyl (C=O) groups is 2. The summed E-state index contributed by atoms with van der Waals surface area (Å²) in [5.74, 6) is 1.15. The summed E-state index contributed by atoms with van der Waals surface area (Å²) in [6.07, 6.45) is 2.50. The summed E-state index contributed by atoms with van der Waals surface area (Å²) in [5.41, 5.74) is 3.84. The molecule has 0 spiro atoms. The van der Waals surface area contributed by atoms with Crippen LogP contribution in [0.15, 0.2) is 42.5 Å². The Labute approximate surface area is 166 Å². The summed E-state index contributed by atoms with van der Waals surface area (Å²) in [6.45, 7) is 5.37. The molecule has 1 heterocycles. The van der Waals surface area contributed by atoms with Crippen molar-refractivity contribution in [3.8, 4) is 5.75 Å². The molecule has 1 aliphatic heterocycles. The van der Waals surface area contributed by atoms with E-state index in [0.29, 0.717) is 24.4 Å². The molecule has 1 aliphatic rings. The second-order valence-corrected chi connectivity index (χ2v) is 7.62. The minimum atomic E-state index is -0.117. The van der Waals surface area contributed by atoms with Crippen LogP contribution in [-0.4, -0.2) is 25.5 Å². The maximum absolute atomic E-state index is 12.5. The number of aryl methyl sites for hydroxylation is 1. The number of rotatable bonds is 6.